The van der Waals surface area contributed by atoms with Crippen LogP contribution < -0.4 is 0 Å². The summed E-state index contributed by atoms with van der Waals surface area (Å²) in [5.74, 6) is -0.778. The van der Waals surface area contributed by atoms with E-state index in [1.54, 1.807) is 36.9 Å². The Bertz CT molecular complexity index is 1000. The minimum Gasteiger partial charge on any atom is -0.481 e. The van der Waals surface area contributed by atoms with Gasteiger partial charge in [-0.1, -0.05) is 61.4 Å². The van der Waals surface area contributed by atoms with E-state index in [0.717, 1.165) is 29.7 Å². The molecule has 3 atom stereocenters. The summed E-state index contributed by atoms with van der Waals surface area (Å²) in [7, 11) is -3.85. The highest BCUT2D eigenvalue weighted by atomic mass is 32.2. The minimum atomic E-state index is -3.85. The molecule has 1 fully saturated rings. The van der Waals surface area contributed by atoms with Crippen LogP contribution in [0, 0.1) is 19.8 Å². The number of nitrogens with zero attached hydrogens (tertiary/aromatic N) is 1. The van der Waals surface area contributed by atoms with Gasteiger partial charge in [-0.2, -0.15) is 16.1 Å². The molecule has 2 aromatic rings. The third kappa shape index (κ3) is 5.33. The smallest absolute Gasteiger partial charge is 0.308 e. The summed E-state index contributed by atoms with van der Waals surface area (Å²) in [4.78, 5) is 12.4. The Morgan fingerprint density at radius 1 is 1.13 bits per heavy atom. The number of carboxylic acid groups (broad SMARTS) is 1. The number of rotatable bonds is 8. The molecule has 0 radical (unpaired) electrons. The molecule has 0 bridgehead atoms. The second-order valence-electron chi connectivity index (χ2n) is 8.21. The number of aliphatic carboxylic acids is 1. The zero-order chi connectivity index (χ0) is 22.6. The van der Waals surface area contributed by atoms with Crippen molar-refractivity contribution in [3.05, 3.63) is 65.2 Å². The van der Waals surface area contributed by atoms with Crippen LogP contribution in [0.1, 0.15) is 48.9 Å². The highest BCUT2D eigenvalue weighted by Crippen LogP contribution is 2.42. The van der Waals surface area contributed by atoms with E-state index in [9.17, 15) is 18.3 Å². The molecule has 3 rings (SSSR count). The van der Waals surface area contributed by atoms with Gasteiger partial charge in [0.05, 0.1) is 16.9 Å². The highest BCUT2D eigenvalue weighted by Gasteiger charge is 2.45. The van der Waals surface area contributed by atoms with Crippen LogP contribution >= 0.6 is 11.8 Å². The summed E-state index contributed by atoms with van der Waals surface area (Å²) in [6, 6.07) is 14.4. The lowest BCUT2D eigenvalue weighted by Gasteiger charge is -2.42. The number of hydrogen-bond donors (Lipinski definition) is 1. The molecule has 168 valence electrons. The molecule has 1 N–H and O–H groups in total. The van der Waals surface area contributed by atoms with E-state index < -0.39 is 21.9 Å². The number of thioether (sulfide) groups is 1. The maximum atomic E-state index is 13.7. The molecular formula is C24H31NO4S2. The number of carbonyl (C=O) groups is 1. The molecule has 7 heteroatoms. The van der Waals surface area contributed by atoms with Crippen molar-refractivity contribution in [3.8, 4) is 0 Å². The lowest BCUT2D eigenvalue weighted by molar-refractivity contribution is -0.143. The molecule has 0 saturated carbocycles. The second kappa shape index (κ2) is 10.2. The van der Waals surface area contributed by atoms with Gasteiger partial charge in [0, 0.05) is 11.8 Å². The first-order valence-corrected chi connectivity index (χ1v) is 13.2. The maximum Gasteiger partial charge on any atom is 0.308 e. The Kier molecular flexibility index (Phi) is 7.83. The fourth-order valence-electron chi connectivity index (χ4n) is 4.07. The van der Waals surface area contributed by atoms with E-state index in [1.807, 2.05) is 37.3 Å². The second-order valence-corrected chi connectivity index (χ2v) is 11.4. The van der Waals surface area contributed by atoms with Crippen LogP contribution in [0.4, 0.5) is 0 Å². The first kappa shape index (κ1) is 23.8. The topological polar surface area (TPSA) is 74.7 Å². The van der Waals surface area contributed by atoms with E-state index >= 15 is 0 Å². The molecule has 1 aliphatic heterocycles. The Hall–Kier alpha value is -1.83. The normalized spacial score (nSPS) is 22.4. The molecular weight excluding hydrogens is 430 g/mol. The van der Waals surface area contributed by atoms with Gasteiger partial charge in [0.1, 0.15) is 0 Å². The minimum absolute atomic E-state index is 0.0195. The van der Waals surface area contributed by atoms with Gasteiger partial charge in [-0.3, -0.25) is 4.79 Å². The van der Waals surface area contributed by atoms with Crippen LogP contribution in [0.15, 0.2) is 53.4 Å². The van der Waals surface area contributed by atoms with Crippen LogP contribution in [0.25, 0.3) is 0 Å². The summed E-state index contributed by atoms with van der Waals surface area (Å²) in [6.45, 7) is 5.86. The lowest BCUT2D eigenvalue weighted by atomic mass is 9.90. The van der Waals surface area contributed by atoms with Gasteiger partial charge in [0.2, 0.25) is 10.0 Å². The first-order valence-electron chi connectivity index (χ1n) is 10.7. The van der Waals surface area contributed by atoms with Gasteiger partial charge in [-0.05, 0) is 49.6 Å². The molecule has 0 unspecified atom stereocenters. The molecule has 0 spiro atoms. The SMILES string of the molecule is CCCCS[C@@H]1C[C@@H](c2ccc(C)cc2)N(S(=O)(=O)c2ccccc2C)C[C@H]1C(=O)O. The van der Waals surface area contributed by atoms with E-state index in [-0.39, 0.29) is 22.7 Å². The predicted molar refractivity (Wildman–Crippen MR) is 126 cm³/mol. The molecule has 1 saturated heterocycles. The lowest BCUT2D eigenvalue weighted by Crippen LogP contribution is -2.49. The van der Waals surface area contributed by atoms with Crippen molar-refractivity contribution in [2.75, 3.05) is 12.3 Å². The molecule has 2 aromatic carbocycles. The van der Waals surface area contributed by atoms with Crippen LogP contribution in [0.5, 0.6) is 0 Å². The highest BCUT2D eigenvalue weighted by molar-refractivity contribution is 7.99. The summed E-state index contributed by atoms with van der Waals surface area (Å²) >= 11 is 1.67. The van der Waals surface area contributed by atoms with Gasteiger partial charge in [-0.25, -0.2) is 8.42 Å². The van der Waals surface area contributed by atoms with Crippen molar-refractivity contribution in [2.45, 2.75) is 56.2 Å². The van der Waals surface area contributed by atoms with Crippen molar-refractivity contribution >= 4 is 27.8 Å². The number of sulfonamides is 1. The molecule has 31 heavy (non-hydrogen) atoms. The molecule has 1 aliphatic rings. The van der Waals surface area contributed by atoms with Gasteiger partial charge in [0.25, 0.3) is 0 Å². The zero-order valence-electron chi connectivity index (χ0n) is 18.3. The monoisotopic (exact) mass is 461 g/mol. The number of aryl methyl sites for hydroxylation is 2. The van der Waals surface area contributed by atoms with Crippen LogP contribution in [-0.4, -0.2) is 41.3 Å². The van der Waals surface area contributed by atoms with Gasteiger partial charge >= 0.3 is 5.97 Å². The fourth-order valence-corrected chi connectivity index (χ4v) is 7.46. The summed E-state index contributed by atoms with van der Waals surface area (Å²) < 4.78 is 28.9. The number of carboxylic acids is 1. The molecule has 1 heterocycles. The van der Waals surface area contributed by atoms with Gasteiger partial charge < -0.3 is 5.11 Å². The zero-order valence-corrected chi connectivity index (χ0v) is 20.0. The van der Waals surface area contributed by atoms with Crippen molar-refractivity contribution in [2.24, 2.45) is 5.92 Å². The Morgan fingerprint density at radius 3 is 2.42 bits per heavy atom. The standard InChI is InChI=1S/C24H31NO4S2/c1-4-5-14-30-22-15-21(19-12-10-17(2)11-13-19)25(16-20(22)24(26)27)31(28,29)23-9-7-6-8-18(23)3/h6-13,20-22H,4-5,14-16H2,1-3H3,(H,26,27)/t20-,21+,22-/m1/s1. The summed E-state index contributed by atoms with van der Waals surface area (Å²) in [5, 5.41) is 9.81. The Morgan fingerprint density at radius 2 is 1.81 bits per heavy atom. The van der Waals surface area contributed by atoms with Crippen LogP contribution in [0.2, 0.25) is 0 Å². The fraction of sp³-hybridized carbons (Fsp3) is 0.458. The quantitative estimate of drug-likeness (QED) is 0.557. The van der Waals surface area contributed by atoms with Crippen molar-refractivity contribution in [1.82, 2.24) is 4.31 Å². The predicted octanol–water partition coefficient (Wildman–Crippen LogP) is 5.04. The number of piperidine rings is 1. The van der Waals surface area contributed by atoms with Crippen molar-refractivity contribution < 1.29 is 18.3 Å². The third-order valence-corrected chi connectivity index (χ3v) is 9.43. The Labute approximate surface area is 189 Å². The Balaban J connectivity index is 2.04. The summed E-state index contributed by atoms with van der Waals surface area (Å²) in [5.41, 5.74) is 2.68. The van der Waals surface area contributed by atoms with Crippen molar-refractivity contribution in [3.63, 3.8) is 0 Å². The number of unbranched alkanes of at least 4 members (excludes halogenated alkanes) is 1. The number of benzene rings is 2. The first-order chi connectivity index (χ1) is 14.8. The summed E-state index contributed by atoms with van der Waals surface area (Å²) in [6.07, 6.45) is 2.56. The van der Waals surface area contributed by atoms with Crippen LogP contribution in [-0.2, 0) is 14.8 Å². The van der Waals surface area contributed by atoms with E-state index in [2.05, 4.69) is 6.92 Å². The number of hydrogen-bond acceptors (Lipinski definition) is 4. The van der Waals surface area contributed by atoms with E-state index in [4.69, 9.17) is 0 Å². The third-order valence-electron chi connectivity index (χ3n) is 5.92. The average Bonchev–Trinajstić information content (AvgIpc) is 2.74. The van der Waals surface area contributed by atoms with Crippen LogP contribution in [0.3, 0.4) is 0 Å². The maximum absolute atomic E-state index is 13.7. The largest absolute Gasteiger partial charge is 0.481 e. The molecule has 0 amide bonds. The van der Waals surface area contributed by atoms with E-state index in [0.29, 0.717) is 12.0 Å². The van der Waals surface area contributed by atoms with Gasteiger partial charge in [0.15, 0.2) is 0 Å². The molecule has 0 aliphatic carbocycles. The molecule has 5 nitrogen and oxygen atoms in total. The van der Waals surface area contributed by atoms with E-state index in [1.165, 1.54) is 4.31 Å². The molecule has 0 aromatic heterocycles. The average molecular weight is 462 g/mol. The van der Waals surface area contributed by atoms with Crippen molar-refractivity contribution in [1.29, 1.82) is 0 Å². The van der Waals surface area contributed by atoms with Gasteiger partial charge in [-0.15, -0.1) is 0 Å².